The molecule has 12 heteroatoms. The number of carbonyl (C=O) groups is 2. The maximum atomic E-state index is 11.2. The topological polar surface area (TPSA) is 171 Å². The van der Waals surface area contributed by atoms with E-state index in [2.05, 4.69) is 5.32 Å². The predicted molar refractivity (Wildman–Crippen MR) is 107 cm³/mol. The van der Waals surface area contributed by atoms with Crippen LogP contribution in [-0.4, -0.2) is 33.9 Å². The number of carboxylic acids is 1. The first-order valence-electron chi connectivity index (χ1n) is 8.57. The van der Waals surface area contributed by atoms with Crippen LogP contribution in [0.5, 0.6) is 11.5 Å². The van der Waals surface area contributed by atoms with Gasteiger partial charge in [0.2, 0.25) is 5.91 Å². The number of amides is 1. The molecule has 0 aliphatic carbocycles. The van der Waals surface area contributed by atoms with Crippen LogP contribution in [0.2, 0.25) is 0 Å². The molecule has 0 radical (unpaired) electrons. The summed E-state index contributed by atoms with van der Waals surface area (Å²) < 4.78 is 10.8. The number of nitrogens with one attached hydrogen (secondary N) is 1. The van der Waals surface area contributed by atoms with E-state index in [1.165, 1.54) is 44.4 Å². The largest absolute Gasteiger partial charge is 0.493 e. The van der Waals surface area contributed by atoms with Crippen LogP contribution in [0.25, 0.3) is 6.08 Å². The van der Waals surface area contributed by atoms with Crippen LogP contribution >= 0.6 is 0 Å². The lowest BCUT2D eigenvalue weighted by atomic mass is 10.1. The molecule has 0 saturated carbocycles. The van der Waals surface area contributed by atoms with Gasteiger partial charge in [0.1, 0.15) is 12.3 Å². The molecular weight excluding hydrogens is 414 g/mol. The van der Waals surface area contributed by atoms with Gasteiger partial charge in [0, 0.05) is 13.0 Å². The number of non-ortho nitro benzene ring substituents is 1. The Kier molecular flexibility index (Phi) is 7.23. The molecule has 0 fully saturated rings. The lowest BCUT2D eigenvalue weighted by Crippen LogP contribution is -2.24. The predicted octanol–water partition coefficient (Wildman–Crippen LogP) is 2.65. The first kappa shape index (κ1) is 22.8. The molecule has 2 aromatic carbocycles. The Hall–Kier alpha value is -4.48. The highest BCUT2D eigenvalue weighted by atomic mass is 16.6. The van der Waals surface area contributed by atoms with Crippen LogP contribution in [0.15, 0.2) is 42.1 Å². The number of aliphatic carboxylic acids is 1. The Morgan fingerprint density at radius 3 is 2.35 bits per heavy atom. The standard InChI is InChI=1S/C19H17N3O9/c1-11(23)20-15(19(24)25)7-12-3-6-17(18(8-12)30-2)31-10-13-4-5-14(21(26)27)9-16(13)22(28)29/h3-9H,10H2,1-2H3,(H,20,23)(H,24,25)/b15-7+. The summed E-state index contributed by atoms with van der Waals surface area (Å²) in [5.41, 5.74) is -0.728. The molecular formula is C19H17N3O9. The van der Waals surface area contributed by atoms with Gasteiger partial charge >= 0.3 is 5.97 Å². The summed E-state index contributed by atoms with van der Waals surface area (Å²) in [5, 5.41) is 33.4. The summed E-state index contributed by atoms with van der Waals surface area (Å²) in [6, 6.07) is 7.60. The molecule has 2 aromatic rings. The average molecular weight is 431 g/mol. The van der Waals surface area contributed by atoms with Crippen molar-refractivity contribution in [2.24, 2.45) is 0 Å². The molecule has 0 saturated heterocycles. The number of nitro groups is 2. The summed E-state index contributed by atoms with van der Waals surface area (Å²) in [6.45, 7) is 0.901. The fourth-order valence-electron chi connectivity index (χ4n) is 2.51. The Labute approximate surface area is 175 Å². The first-order chi connectivity index (χ1) is 14.6. The number of carboxylic acid groups (broad SMARTS) is 1. The van der Waals surface area contributed by atoms with Crippen molar-refractivity contribution in [1.82, 2.24) is 5.32 Å². The van der Waals surface area contributed by atoms with E-state index in [-0.39, 0.29) is 29.4 Å². The van der Waals surface area contributed by atoms with Crippen molar-refractivity contribution in [2.45, 2.75) is 13.5 Å². The summed E-state index contributed by atoms with van der Waals surface area (Å²) >= 11 is 0. The van der Waals surface area contributed by atoms with E-state index in [1.54, 1.807) is 0 Å². The number of hydrogen-bond donors (Lipinski definition) is 2. The van der Waals surface area contributed by atoms with Crippen LogP contribution < -0.4 is 14.8 Å². The quantitative estimate of drug-likeness (QED) is 0.344. The van der Waals surface area contributed by atoms with E-state index >= 15 is 0 Å². The molecule has 0 aromatic heterocycles. The van der Waals surface area contributed by atoms with Crippen LogP contribution in [0, 0.1) is 20.2 Å². The van der Waals surface area contributed by atoms with Gasteiger partial charge in [0.25, 0.3) is 11.4 Å². The third-order valence-electron chi connectivity index (χ3n) is 3.90. The second kappa shape index (κ2) is 9.82. The number of nitro benzene ring substituents is 2. The van der Waals surface area contributed by atoms with E-state index in [0.29, 0.717) is 5.56 Å². The van der Waals surface area contributed by atoms with Crippen LogP contribution in [0.1, 0.15) is 18.1 Å². The highest BCUT2D eigenvalue weighted by Crippen LogP contribution is 2.31. The molecule has 0 aliphatic heterocycles. The van der Waals surface area contributed by atoms with Crippen molar-refractivity contribution in [3.63, 3.8) is 0 Å². The second-order valence-electron chi connectivity index (χ2n) is 6.07. The lowest BCUT2D eigenvalue weighted by molar-refractivity contribution is -0.394. The SMILES string of the molecule is COc1cc(/C=C(/NC(C)=O)C(=O)O)ccc1OCc1ccc([N+](=O)[O-])cc1[N+](=O)[O-]. The minimum Gasteiger partial charge on any atom is -0.493 e. The van der Waals surface area contributed by atoms with Crippen molar-refractivity contribution in [3.05, 3.63) is 73.5 Å². The van der Waals surface area contributed by atoms with E-state index in [0.717, 1.165) is 12.1 Å². The van der Waals surface area contributed by atoms with Gasteiger partial charge in [-0.25, -0.2) is 4.79 Å². The zero-order chi connectivity index (χ0) is 23.1. The third-order valence-corrected chi connectivity index (χ3v) is 3.90. The van der Waals surface area contributed by atoms with Gasteiger partial charge in [-0.3, -0.25) is 25.0 Å². The summed E-state index contributed by atoms with van der Waals surface area (Å²) in [7, 11) is 1.34. The van der Waals surface area contributed by atoms with Gasteiger partial charge < -0.3 is 19.9 Å². The monoisotopic (exact) mass is 431 g/mol. The molecule has 2 N–H and O–H groups in total. The molecule has 31 heavy (non-hydrogen) atoms. The molecule has 0 atom stereocenters. The zero-order valence-electron chi connectivity index (χ0n) is 16.4. The fourth-order valence-corrected chi connectivity index (χ4v) is 2.51. The van der Waals surface area contributed by atoms with Crippen molar-refractivity contribution < 1.29 is 34.0 Å². The smallest absolute Gasteiger partial charge is 0.352 e. The Bertz CT molecular complexity index is 1080. The van der Waals surface area contributed by atoms with E-state index in [9.17, 15) is 29.8 Å². The molecule has 0 bridgehead atoms. The van der Waals surface area contributed by atoms with Gasteiger partial charge in [-0.2, -0.15) is 0 Å². The molecule has 0 heterocycles. The normalized spacial score (nSPS) is 10.8. The number of benzene rings is 2. The Morgan fingerprint density at radius 1 is 1.10 bits per heavy atom. The van der Waals surface area contributed by atoms with E-state index in [1.807, 2.05) is 0 Å². The number of methoxy groups -OCH3 is 1. The second-order valence-corrected chi connectivity index (χ2v) is 6.07. The first-order valence-corrected chi connectivity index (χ1v) is 8.57. The van der Waals surface area contributed by atoms with E-state index < -0.39 is 33.1 Å². The molecule has 0 aliphatic rings. The van der Waals surface area contributed by atoms with Gasteiger partial charge in [-0.1, -0.05) is 6.07 Å². The van der Waals surface area contributed by atoms with Crippen molar-refractivity contribution in [3.8, 4) is 11.5 Å². The maximum absolute atomic E-state index is 11.2. The van der Waals surface area contributed by atoms with Crippen LogP contribution in [0.4, 0.5) is 11.4 Å². The summed E-state index contributed by atoms with van der Waals surface area (Å²) in [5.74, 6) is -1.49. The molecule has 12 nitrogen and oxygen atoms in total. The number of carbonyl (C=O) groups excluding carboxylic acids is 1. The third kappa shape index (κ3) is 6.00. The minimum absolute atomic E-state index is 0.112. The van der Waals surface area contributed by atoms with Crippen molar-refractivity contribution >= 4 is 29.3 Å². The lowest BCUT2D eigenvalue weighted by Gasteiger charge is -2.12. The van der Waals surface area contributed by atoms with Crippen LogP contribution in [-0.2, 0) is 16.2 Å². The van der Waals surface area contributed by atoms with Gasteiger partial charge in [0.05, 0.1) is 28.6 Å². The average Bonchev–Trinajstić information content (AvgIpc) is 2.71. The molecule has 1 amide bonds. The number of rotatable bonds is 9. The number of hydrogen-bond acceptors (Lipinski definition) is 8. The van der Waals surface area contributed by atoms with Gasteiger partial charge in [0.15, 0.2) is 11.5 Å². The highest BCUT2D eigenvalue weighted by Gasteiger charge is 2.20. The van der Waals surface area contributed by atoms with E-state index in [4.69, 9.17) is 14.6 Å². The maximum Gasteiger partial charge on any atom is 0.352 e. The summed E-state index contributed by atoms with van der Waals surface area (Å²) in [6.07, 6.45) is 1.22. The summed E-state index contributed by atoms with van der Waals surface area (Å²) in [4.78, 5) is 42.9. The molecule has 2 rings (SSSR count). The van der Waals surface area contributed by atoms with Crippen LogP contribution in [0.3, 0.4) is 0 Å². The highest BCUT2D eigenvalue weighted by molar-refractivity contribution is 5.96. The minimum atomic E-state index is -1.33. The number of nitrogens with zero attached hydrogens (tertiary/aromatic N) is 2. The zero-order valence-corrected chi connectivity index (χ0v) is 16.4. The van der Waals surface area contributed by atoms with Crippen molar-refractivity contribution in [2.75, 3.05) is 7.11 Å². The molecule has 162 valence electrons. The fraction of sp³-hybridized carbons (Fsp3) is 0.158. The Balaban J connectivity index is 2.29. The molecule has 0 spiro atoms. The molecule has 0 unspecified atom stereocenters. The van der Waals surface area contributed by atoms with Gasteiger partial charge in [-0.15, -0.1) is 0 Å². The number of ether oxygens (including phenoxy) is 2. The van der Waals surface area contributed by atoms with Gasteiger partial charge in [-0.05, 0) is 29.8 Å². The Morgan fingerprint density at radius 2 is 1.81 bits per heavy atom. The van der Waals surface area contributed by atoms with Crippen molar-refractivity contribution in [1.29, 1.82) is 0 Å².